The first-order valence-electron chi connectivity index (χ1n) is 11.0. The molecule has 2 aliphatic heterocycles. The van der Waals surface area contributed by atoms with Gasteiger partial charge in [-0.2, -0.15) is 0 Å². The van der Waals surface area contributed by atoms with E-state index >= 15 is 0 Å². The van der Waals surface area contributed by atoms with Gasteiger partial charge in [-0.3, -0.25) is 9.59 Å². The molecule has 3 heterocycles. The van der Waals surface area contributed by atoms with Gasteiger partial charge < -0.3 is 19.7 Å². The molecule has 1 N–H and O–H groups in total. The van der Waals surface area contributed by atoms with Crippen molar-refractivity contribution in [1.82, 2.24) is 15.2 Å². The highest BCUT2D eigenvalue weighted by Gasteiger charge is 2.34. The topological polar surface area (TPSA) is 80.8 Å². The van der Waals surface area contributed by atoms with Crippen molar-refractivity contribution in [1.29, 1.82) is 0 Å². The summed E-state index contributed by atoms with van der Waals surface area (Å²) in [5, 5.41) is 3.74. The normalized spacial score (nSPS) is 17.0. The maximum absolute atomic E-state index is 13.5. The van der Waals surface area contributed by atoms with Crippen LogP contribution in [0.2, 0.25) is 0 Å². The van der Waals surface area contributed by atoms with Crippen LogP contribution >= 0.6 is 11.3 Å². The Morgan fingerprint density at radius 1 is 1.18 bits per heavy atom. The van der Waals surface area contributed by atoms with Crippen LogP contribution in [0.4, 0.5) is 0 Å². The van der Waals surface area contributed by atoms with E-state index in [-0.39, 0.29) is 18.4 Å². The second-order valence-electron chi connectivity index (χ2n) is 8.21. The van der Waals surface area contributed by atoms with E-state index in [1.54, 1.807) is 11.0 Å². The zero-order chi connectivity index (χ0) is 22.9. The number of fused-ring (bicyclic) bond motifs is 1. The molecule has 0 bridgehead atoms. The lowest BCUT2D eigenvalue weighted by molar-refractivity contribution is 0.0276. The molecule has 33 heavy (non-hydrogen) atoms. The van der Waals surface area contributed by atoms with Crippen molar-refractivity contribution in [2.75, 3.05) is 26.3 Å². The number of aryl methyl sites for hydroxylation is 2. The predicted octanol–water partition coefficient (Wildman–Crippen LogP) is 3.59. The molecule has 0 spiro atoms. The van der Waals surface area contributed by atoms with Gasteiger partial charge >= 0.3 is 0 Å². The third-order valence-corrected chi connectivity index (χ3v) is 6.88. The summed E-state index contributed by atoms with van der Waals surface area (Å²) >= 11 is 1.51. The first-order chi connectivity index (χ1) is 16.0. The summed E-state index contributed by atoms with van der Waals surface area (Å²) in [5.41, 5.74) is 4.08. The van der Waals surface area contributed by atoms with Gasteiger partial charge in [0.25, 0.3) is 11.8 Å². The van der Waals surface area contributed by atoms with Crippen molar-refractivity contribution in [2.24, 2.45) is 0 Å². The fourth-order valence-electron chi connectivity index (χ4n) is 4.28. The molecule has 2 amide bonds. The summed E-state index contributed by atoms with van der Waals surface area (Å²) in [6.07, 6.45) is 0.257. The summed E-state index contributed by atoms with van der Waals surface area (Å²) in [5.74, 6) is 0.231. The zero-order valence-corrected chi connectivity index (χ0v) is 19.4. The SMILES string of the molecule is Cc1cccc(-c2sc(C)nc2C(=O)N2CCOC2CNC(=O)c2cccc3c2OCC3)c1. The summed E-state index contributed by atoms with van der Waals surface area (Å²) < 4.78 is 11.4. The summed E-state index contributed by atoms with van der Waals surface area (Å²) in [4.78, 5) is 33.3. The average Bonchev–Trinajstić information content (AvgIpc) is 3.55. The lowest BCUT2D eigenvalue weighted by atomic mass is 10.1. The van der Waals surface area contributed by atoms with Crippen LogP contribution in [0.5, 0.6) is 5.75 Å². The number of carbonyl (C=O) groups excluding carboxylic acids is 2. The van der Waals surface area contributed by atoms with E-state index in [0.29, 0.717) is 36.8 Å². The predicted molar refractivity (Wildman–Crippen MR) is 126 cm³/mol. The molecule has 1 atom stereocenters. The van der Waals surface area contributed by atoms with Gasteiger partial charge in [-0.05, 0) is 31.0 Å². The molecule has 0 saturated carbocycles. The number of para-hydroxylation sites is 1. The largest absolute Gasteiger partial charge is 0.492 e. The Balaban J connectivity index is 1.32. The van der Waals surface area contributed by atoms with Crippen LogP contribution in [0.15, 0.2) is 42.5 Å². The number of benzene rings is 2. The molecule has 1 unspecified atom stereocenters. The highest BCUT2D eigenvalue weighted by atomic mass is 32.1. The second-order valence-corrected chi connectivity index (χ2v) is 9.41. The minimum absolute atomic E-state index is 0.184. The second kappa shape index (κ2) is 8.96. The number of rotatable bonds is 5. The maximum atomic E-state index is 13.5. The quantitative estimate of drug-likeness (QED) is 0.626. The highest BCUT2D eigenvalue weighted by Crippen LogP contribution is 2.32. The Labute approximate surface area is 196 Å². The Bertz CT molecular complexity index is 1220. The van der Waals surface area contributed by atoms with Gasteiger partial charge in [0.05, 0.1) is 35.2 Å². The van der Waals surface area contributed by atoms with Gasteiger partial charge in [-0.1, -0.05) is 42.0 Å². The summed E-state index contributed by atoms with van der Waals surface area (Å²) in [7, 11) is 0. The van der Waals surface area contributed by atoms with Gasteiger partial charge in [-0.25, -0.2) is 4.98 Å². The molecule has 8 heteroatoms. The van der Waals surface area contributed by atoms with E-state index in [1.165, 1.54) is 11.3 Å². The van der Waals surface area contributed by atoms with Crippen molar-refractivity contribution in [3.8, 4) is 16.2 Å². The third kappa shape index (κ3) is 4.24. The zero-order valence-electron chi connectivity index (χ0n) is 18.6. The Kier molecular flexibility index (Phi) is 5.86. The van der Waals surface area contributed by atoms with Crippen LogP contribution in [-0.4, -0.2) is 54.2 Å². The molecule has 3 aromatic rings. The standard InChI is InChI=1S/C25H25N3O4S/c1-15-5-3-7-18(13-15)23-21(27-16(2)33-23)25(30)28-10-12-31-20(28)14-26-24(29)19-8-4-6-17-9-11-32-22(17)19/h3-8,13,20H,9-12,14H2,1-2H3,(H,26,29). The molecule has 0 aliphatic carbocycles. The van der Waals surface area contributed by atoms with Crippen molar-refractivity contribution < 1.29 is 19.1 Å². The van der Waals surface area contributed by atoms with Crippen molar-refractivity contribution >= 4 is 23.2 Å². The minimum atomic E-state index is -0.550. The van der Waals surface area contributed by atoms with Crippen LogP contribution in [0, 0.1) is 13.8 Å². The first kappa shape index (κ1) is 21.6. The Morgan fingerprint density at radius 3 is 2.88 bits per heavy atom. The first-order valence-corrected chi connectivity index (χ1v) is 11.8. The lowest BCUT2D eigenvalue weighted by Crippen LogP contribution is -2.44. The number of nitrogens with zero attached hydrogens (tertiary/aromatic N) is 2. The maximum Gasteiger partial charge on any atom is 0.276 e. The van der Waals surface area contributed by atoms with Gasteiger partial charge in [0.15, 0.2) is 0 Å². The molecule has 1 saturated heterocycles. The number of hydrogen-bond acceptors (Lipinski definition) is 6. The number of amides is 2. The van der Waals surface area contributed by atoms with Gasteiger partial charge in [0, 0.05) is 13.0 Å². The van der Waals surface area contributed by atoms with Crippen molar-refractivity contribution in [2.45, 2.75) is 26.5 Å². The van der Waals surface area contributed by atoms with Crippen LogP contribution in [0.25, 0.3) is 10.4 Å². The number of nitrogens with one attached hydrogen (secondary N) is 1. The molecular weight excluding hydrogens is 438 g/mol. The number of hydrogen-bond donors (Lipinski definition) is 1. The number of carbonyl (C=O) groups is 2. The van der Waals surface area contributed by atoms with E-state index < -0.39 is 6.23 Å². The van der Waals surface area contributed by atoms with Crippen molar-refractivity contribution in [3.05, 3.63) is 69.9 Å². The van der Waals surface area contributed by atoms with Crippen LogP contribution in [0.3, 0.4) is 0 Å². The molecule has 170 valence electrons. The van der Waals surface area contributed by atoms with E-state index in [4.69, 9.17) is 9.47 Å². The molecule has 5 rings (SSSR count). The average molecular weight is 464 g/mol. The minimum Gasteiger partial charge on any atom is -0.492 e. The molecule has 1 fully saturated rings. The van der Waals surface area contributed by atoms with E-state index in [9.17, 15) is 9.59 Å². The number of thiazole rings is 1. The van der Waals surface area contributed by atoms with Crippen LogP contribution in [-0.2, 0) is 11.2 Å². The summed E-state index contributed by atoms with van der Waals surface area (Å²) in [6.45, 7) is 5.57. The van der Waals surface area contributed by atoms with E-state index in [2.05, 4.69) is 16.4 Å². The number of aromatic nitrogens is 1. The lowest BCUT2D eigenvalue weighted by Gasteiger charge is -2.23. The molecule has 1 aromatic heterocycles. The van der Waals surface area contributed by atoms with Gasteiger partial charge in [-0.15, -0.1) is 11.3 Å². The van der Waals surface area contributed by atoms with Crippen LogP contribution < -0.4 is 10.1 Å². The smallest absolute Gasteiger partial charge is 0.276 e. The third-order valence-electron chi connectivity index (χ3n) is 5.86. The Hall–Kier alpha value is -3.23. The van der Waals surface area contributed by atoms with Gasteiger partial charge in [0.1, 0.15) is 17.7 Å². The fourth-order valence-corrected chi connectivity index (χ4v) is 5.19. The molecule has 2 aromatic carbocycles. The molecular formula is C25H25N3O4S. The van der Waals surface area contributed by atoms with Crippen LogP contribution in [0.1, 0.15) is 37.0 Å². The van der Waals surface area contributed by atoms with E-state index in [1.807, 2.05) is 44.2 Å². The molecule has 7 nitrogen and oxygen atoms in total. The number of ether oxygens (including phenoxy) is 2. The van der Waals surface area contributed by atoms with Crippen molar-refractivity contribution in [3.63, 3.8) is 0 Å². The van der Waals surface area contributed by atoms with E-state index in [0.717, 1.165) is 33.0 Å². The Morgan fingerprint density at radius 2 is 2.03 bits per heavy atom. The fraction of sp³-hybridized carbons (Fsp3) is 0.320. The van der Waals surface area contributed by atoms with Gasteiger partial charge in [0.2, 0.25) is 0 Å². The summed E-state index contributed by atoms with van der Waals surface area (Å²) in [6, 6.07) is 13.7. The molecule has 0 radical (unpaired) electrons. The monoisotopic (exact) mass is 463 g/mol. The highest BCUT2D eigenvalue weighted by molar-refractivity contribution is 7.15. The molecule has 2 aliphatic rings.